The summed E-state index contributed by atoms with van der Waals surface area (Å²) in [6.07, 6.45) is 6.25. The second-order valence-corrected chi connectivity index (χ2v) is 6.18. The zero-order chi connectivity index (χ0) is 17.4. The Morgan fingerprint density at radius 1 is 1.04 bits per heavy atom. The number of carbonyl (C=O) groups excluding carboxylic acids is 1. The van der Waals surface area contributed by atoms with Crippen molar-refractivity contribution in [2.24, 2.45) is 0 Å². The standard InChI is InChI=1S/C21H28N2O/c1-4-18(3)20(5-2)22-14-16-23(17-15-22)21(24)13-9-12-19-10-7-6-8-11-19/h4-8,10-11H,1-2,9,12-17H2,3H3/b20-18+. The van der Waals surface area contributed by atoms with Crippen LogP contribution in [-0.4, -0.2) is 41.9 Å². The minimum absolute atomic E-state index is 0.273. The Hall–Kier alpha value is -2.29. The molecule has 1 fully saturated rings. The summed E-state index contributed by atoms with van der Waals surface area (Å²) in [5.74, 6) is 0.273. The number of allylic oxidation sites excluding steroid dienone is 3. The normalized spacial score (nSPS) is 15.7. The van der Waals surface area contributed by atoms with Gasteiger partial charge in [-0.3, -0.25) is 4.79 Å². The maximum atomic E-state index is 12.4. The monoisotopic (exact) mass is 324 g/mol. The van der Waals surface area contributed by atoms with Crippen LogP contribution in [0.3, 0.4) is 0 Å². The quantitative estimate of drug-likeness (QED) is 0.712. The molecule has 1 aromatic carbocycles. The molecule has 0 radical (unpaired) electrons. The molecule has 1 aromatic rings. The first-order valence-electron chi connectivity index (χ1n) is 8.68. The number of aryl methyl sites for hydroxylation is 1. The topological polar surface area (TPSA) is 23.6 Å². The van der Waals surface area contributed by atoms with Crippen molar-refractivity contribution in [1.29, 1.82) is 0 Å². The van der Waals surface area contributed by atoms with E-state index in [4.69, 9.17) is 0 Å². The molecule has 1 aliphatic rings. The Balaban J connectivity index is 1.78. The number of piperazine rings is 1. The van der Waals surface area contributed by atoms with Crippen molar-refractivity contribution in [2.75, 3.05) is 26.2 Å². The maximum Gasteiger partial charge on any atom is 0.222 e. The first-order chi connectivity index (χ1) is 11.7. The highest BCUT2D eigenvalue weighted by molar-refractivity contribution is 5.76. The van der Waals surface area contributed by atoms with Crippen molar-refractivity contribution in [2.45, 2.75) is 26.2 Å². The molecule has 1 amide bonds. The molecule has 3 heteroatoms. The van der Waals surface area contributed by atoms with Gasteiger partial charge in [-0.15, -0.1) is 0 Å². The van der Waals surface area contributed by atoms with Gasteiger partial charge in [-0.2, -0.15) is 0 Å². The van der Waals surface area contributed by atoms with Crippen molar-refractivity contribution in [3.8, 4) is 0 Å². The van der Waals surface area contributed by atoms with Crippen LogP contribution in [0.5, 0.6) is 0 Å². The van der Waals surface area contributed by atoms with Crippen molar-refractivity contribution < 1.29 is 4.79 Å². The van der Waals surface area contributed by atoms with Crippen LogP contribution < -0.4 is 0 Å². The lowest BCUT2D eigenvalue weighted by atomic mass is 10.1. The maximum absolute atomic E-state index is 12.4. The molecule has 0 aliphatic carbocycles. The Kier molecular flexibility index (Phi) is 6.86. The summed E-state index contributed by atoms with van der Waals surface area (Å²) in [5.41, 5.74) is 3.56. The molecular formula is C21H28N2O. The van der Waals surface area contributed by atoms with Crippen LogP contribution >= 0.6 is 0 Å². The van der Waals surface area contributed by atoms with Gasteiger partial charge in [0, 0.05) is 38.3 Å². The van der Waals surface area contributed by atoms with Crippen molar-refractivity contribution in [3.63, 3.8) is 0 Å². The summed E-state index contributed by atoms with van der Waals surface area (Å²) in [7, 11) is 0. The Labute approximate surface area is 146 Å². The van der Waals surface area contributed by atoms with Gasteiger partial charge < -0.3 is 9.80 Å². The lowest BCUT2D eigenvalue weighted by molar-refractivity contribution is -0.132. The van der Waals surface area contributed by atoms with Crippen LogP contribution in [0.4, 0.5) is 0 Å². The van der Waals surface area contributed by atoms with E-state index in [1.165, 1.54) is 5.56 Å². The van der Waals surface area contributed by atoms with Gasteiger partial charge in [0.25, 0.3) is 0 Å². The van der Waals surface area contributed by atoms with E-state index in [0.29, 0.717) is 6.42 Å². The molecule has 1 saturated heterocycles. The largest absolute Gasteiger partial charge is 0.368 e. The number of hydrogen-bond acceptors (Lipinski definition) is 2. The molecule has 0 aromatic heterocycles. The van der Waals surface area contributed by atoms with E-state index in [1.807, 2.05) is 42.2 Å². The van der Waals surface area contributed by atoms with E-state index in [2.05, 4.69) is 30.2 Å². The van der Waals surface area contributed by atoms with Gasteiger partial charge >= 0.3 is 0 Å². The Morgan fingerprint density at radius 3 is 2.25 bits per heavy atom. The molecule has 0 N–H and O–H groups in total. The zero-order valence-corrected chi connectivity index (χ0v) is 14.7. The van der Waals surface area contributed by atoms with Crippen LogP contribution in [0.25, 0.3) is 0 Å². The molecule has 0 saturated carbocycles. The highest BCUT2D eigenvalue weighted by atomic mass is 16.2. The van der Waals surface area contributed by atoms with E-state index < -0.39 is 0 Å². The molecule has 3 nitrogen and oxygen atoms in total. The zero-order valence-electron chi connectivity index (χ0n) is 14.7. The fraction of sp³-hybridized carbons (Fsp3) is 0.381. The summed E-state index contributed by atoms with van der Waals surface area (Å²) in [6.45, 7) is 13.1. The third-order valence-corrected chi connectivity index (χ3v) is 4.58. The predicted molar refractivity (Wildman–Crippen MR) is 101 cm³/mol. The lowest BCUT2D eigenvalue weighted by Crippen LogP contribution is -2.48. The average molecular weight is 324 g/mol. The van der Waals surface area contributed by atoms with E-state index in [9.17, 15) is 4.79 Å². The number of rotatable bonds is 7. The first kappa shape index (κ1) is 18.1. The van der Waals surface area contributed by atoms with Crippen molar-refractivity contribution in [1.82, 2.24) is 9.80 Å². The lowest BCUT2D eigenvalue weighted by Gasteiger charge is -2.37. The highest BCUT2D eigenvalue weighted by Crippen LogP contribution is 2.16. The van der Waals surface area contributed by atoms with Crippen LogP contribution in [0.2, 0.25) is 0 Å². The SMILES string of the molecule is C=C/C(C)=C(\C=C)N1CCN(C(=O)CCCc2ccccc2)CC1. The average Bonchev–Trinajstić information content (AvgIpc) is 2.63. The number of carbonyl (C=O) groups is 1. The summed E-state index contributed by atoms with van der Waals surface area (Å²) >= 11 is 0. The molecule has 1 aliphatic heterocycles. The molecule has 0 atom stereocenters. The molecule has 1 heterocycles. The third-order valence-electron chi connectivity index (χ3n) is 4.58. The van der Waals surface area contributed by atoms with Gasteiger partial charge in [-0.25, -0.2) is 0 Å². The summed E-state index contributed by atoms with van der Waals surface area (Å²) in [5, 5.41) is 0. The smallest absolute Gasteiger partial charge is 0.222 e. The van der Waals surface area contributed by atoms with Gasteiger partial charge in [-0.05, 0) is 37.0 Å². The Morgan fingerprint density at radius 2 is 1.67 bits per heavy atom. The van der Waals surface area contributed by atoms with Gasteiger partial charge in [0.15, 0.2) is 0 Å². The molecular weight excluding hydrogens is 296 g/mol. The number of nitrogens with zero attached hydrogens (tertiary/aromatic N) is 2. The van der Waals surface area contributed by atoms with Gasteiger partial charge in [0.05, 0.1) is 0 Å². The fourth-order valence-electron chi connectivity index (χ4n) is 3.09. The molecule has 0 bridgehead atoms. The van der Waals surface area contributed by atoms with Gasteiger partial charge in [0.1, 0.15) is 0 Å². The highest BCUT2D eigenvalue weighted by Gasteiger charge is 2.21. The van der Waals surface area contributed by atoms with Crippen LogP contribution in [0, 0.1) is 0 Å². The minimum atomic E-state index is 0.273. The molecule has 24 heavy (non-hydrogen) atoms. The second-order valence-electron chi connectivity index (χ2n) is 6.18. The summed E-state index contributed by atoms with van der Waals surface area (Å²) in [4.78, 5) is 16.7. The van der Waals surface area contributed by atoms with Crippen LogP contribution in [0.15, 0.2) is 66.9 Å². The molecule has 128 valence electrons. The van der Waals surface area contributed by atoms with E-state index in [-0.39, 0.29) is 5.91 Å². The van der Waals surface area contributed by atoms with Crippen LogP contribution in [-0.2, 0) is 11.2 Å². The first-order valence-corrected chi connectivity index (χ1v) is 8.68. The molecule has 0 unspecified atom stereocenters. The van der Waals surface area contributed by atoms with Crippen molar-refractivity contribution in [3.05, 3.63) is 72.5 Å². The van der Waals surface area contributed by atoms with Crippen molar-refractivity contribution >= 4 is 5.91 Å². The summed E-state index contributed by atoms with van der Waals surface area (Å²) < 4.78 is 0. The molecule has 0 spiro atoms. The Bertz CT molecular complexity index is 596. The fourth-order valence-corrected chi connectivity index (χ4v) is 3.09. The predicted octanol–water partition coefficient (Wildman–Crippen LogP) is 3.80. The third kappa shape index (κ3) is 4.85. The van der Waals surface area contributed by atoms with Crippen LogP contribution in [0.1, 0.15) is 25.3 Å². The summed E-state index contributed by atoms with van der Waals surface area (Å²) in [6, 6.07) is 10.4. The van der Waals surface area contributed by atoms with E-state index in [0.717, 1.165) is 50.3 Å². The molecule has 2 rings (SSSR count). The number of benzene rings is 1. The van der Waals surface area contributed by atoms with E-state index in [1.54, 1.807) is 0 Å². The number of amides is 1. The minimum Gasteiger partial charge on any atom is -0.368 e. The number of hydrogen-bond donors (Lipinski definition) is 0. The van der Waals surface area contributed by atoms with Gasteiger partial charge in [0.2, 0.25) is 5.91 Å². The van der Waals surface area contributed by atoms with E-state index >= 15 is 0 Å². The second kappa shape index (κ2) is 9.11. The van der Waals surface area contributed by atoms with Gasteiger partial charge in [-0.1, -0.05) is 49.6 Å².